The summed E-state index contributed by atoms with van der Waals surface area (Å²) in [5.41, 5.74) is 0. The maximum Gasteiger partial charge on any atom is 0.209 e. The lowest BCUT2D eigenvalue weighted by atomic mass is 10.6. The number of hydrogen-bond acceptors (Lipinski definition) is 5. The lowest BCUT2D eigenvalue weighted by Gasteiger charge is -1.98. The highest BCUT2D eigenvalue weighted by molar-refractivity contribution is 8.00. The monoisotopic (exact) mass is 253 g/mol. The Kier molecular flexibility index (Phi) is 4.11. The molecule has 0 aliphatic carbocycles. The topological polar surface area (TPSA) is 85.9 Å². The molecule has 0 unspecified atom stereocenters. The molecule has 0 aliphatic heterocycles. The molecule has 0 spiro atoms. The van der Waals surface area contributed by atoms with Crippen molar-refractivity contribution in [2.45, 2.75) is 5.03 Å². The quantitative estimate of drug-likeness (QED) is 0.791. The molecule has 0 aromatic carbocycles. The van der Waals surface area contributed by atoms with E-state index < -0.39 is 10.0 Å². The summed E-state index contributed by atoms with van der Waals surface area (Å²) in [6, 6.07) is 3.26. The zero-order valence-electron chi connectivity index (χ0n) is 7.05. The first kappa shape index (κ1) is 11.7. The first-order chi connectivity index (χ1) is 6.47. The van der Waals surface area contributed by atoms with Gasteiger partial charge in [-0.05, 0) is 12.1 Å². The van der Waals surface area contributed by atoms with Gasteiger partial charge in [-0.25, -0.2) is 13.6 Å². The molecule has 0 saturated heterocycles. The number of hydrogen-bond donors (Lipinski definition) is 1. The van der Waals surface area contributed by atoms with Crippen LogP contribution >= 0.6 is 23.4 Å². The number of halogens is 1. The van der Waals surface area contributed by atoms with Gasteiger partial charge in [0.15, 0.2) is 5.15 Å². The van der Waals surface area contributed by atoms with Gasteiger partial charge in [0.25, 0.3) is 0 Å². The molecule has 2 N–H and O–H groups in total. The van der Waals surface area contributed by atoms with Gasteiger partial charge < -0.3 is 0 Å². The van der Waals surface area contributed by atoms with Gasteiger partial charge in [-0.3, -0.25) is 0 Å². The molecular formula is C6H8ClN3O2S2. The van der Waals surface area contributed by atoms with Gasteiger partial charge in [0.1, 0.15) is 5.03 Å². The molecular weight excluding hydrogens is 246 g/mol. The maximum atomic E-state index is 10.6. The first-order valence-electron chi connectivity index (χ1n) is 3.60. The van der Waals surface area contributed by atoms with Crippen LogP contribution in [0.15, 0.2) is 17.2 Å². The Hall–Kier alpha value is -0.370. The van der Waals surface area contributed by atoms with Crippen LogP contribution < -0.4 is 5.14 Å². The molecule has 0 amide bonds. The summed E-state index contributed by atoms with van der Waals surface area (Å²) >= 11 is 6.78. The minimum atomic E-state index is -3.40. The van der Waals surface area contributed by atoms with Crippen LogP contribution in [0, 0.1) is 0 Å². The summed E-state index contributed by atoms with van der Waals surface area (Å²) in [7, 11) is -3.40. The standard InChI is InChI=1S/C6H8ClN3O2S2/c7-5-1-2-6(10-9-5)13-3-4-14(8,11)12/h1-2H,3-4H2,(H2,8,11,12). The van der Waals surface area contributed by atoms with Crippen LogP contribution in [0.1, 0.15) is 0 Å². The van der Waals surface area contributed by atoms with Crippen LogP contribution in [0.5, 0.6) is 0 Å². The molecule has 1 rings (SSSR count). The average Bonchev–Trinajstić information content (AvgIpc) is 2.06. The molecule has 0 atom stereocenters. The van der Waals surface area contributed by atoms with Gasteiger partial charge in [0, 0.05) is 5.75 Å². The van der Waals surface area contributed by atoms with Gasteiger partial charge in [-0.1, -0.05) is 11.6 Å². The number of nitrogens with two attached hydrogens (primary N) is 1. The van der Waals surface area contributed by atoms with Crippen LogP contribution in [0.4, 0.5) is 0 Å². The number of rotatable bonds is 4. The Labute approximate surface area is 91.1 Å². The Balaban J connectivity index is 2.43. The third-order valence-corrected chi connectivity index (χ3v) is 3.38. The predicted molar refractivity (Wildman–Crippen MR) is 55.7 cm³/mol. The molecule has 1 heterocycles. The van der Waals surface area contributed by atoms with Crippen LogP contribution in [0.3, 0.4) is 0 Å². The van der Waals surface area contributed by atoms with Gasteiger partial charge in [0.05, 0.1) is 5.75 Å². The summed E-state index contributed by atoms with van der Waals surface area (Å²) in [5, 5.41) is 13.1. The summed E-state index contributed by atoms with van der Waals surface area (Å²) in [6.07, 6.45) is 0. The lowest BCUT2D eigenvalue weighted by Crippen LogP contribution is -2.17. The lowest BCUT2D eigenvalue weighted by molar-refractivity contribution is 0.599. The van der Waals surface area contributed by atoms with E-state index in [1.165, 1.54) is 11.8 Å². The van der Waals surface area contributed by atoms with E-state index in [1.54, 1.807) is 12.1 Å². The van der Waals surface area contributed by atoms with E-state index in [1.807, 2.05) is 0 Å². The molecule has 5 nitrogen and oxygen atoms in total. The van der Waals surface area contributed by atoms with E-state index in [2.05, 4.69) is 10.2 Å². The second-order valence-corrected chi connectivity index (χ2v) is 5.65. The van der Waals surface area contributed by atoms with Gasteiger partial charge in [0.2, 0.25) is 10.0 Å². The van der Waals surface area contributed by atoms with Crippen LogP contribution in [-0.4, -0.2) is 30.1 Å². The molecule has 78 valence electrons. The summed E-state index contributed by atoms with van der Waals surface area (Å²) in [4.78, 5) is 0. The SMILES string of the molecule is NS(=O)(=O)CCSc1ccc(Cl)nn1. The van der Waals surface area contributed by atoms with E-state index in [4.69, 9.17) is 16.7 Å². The molecule has 0 aliphatic rings. The van der Waals surface area contributed by atoms with Crippen LogP contribution in [0.2, 0.25) is 5.15 Å². The van der Waals surface area contributed by atoms with Crippen molar-refractivity contribution in [3.8, 4) is 0 Å². The molecule has 1 aromatic rings. The minimum Gasteiger partial charge on any atom is -0.229 e. The van der Waals surface area contributed by atoms with Gasteiger partial charge in [-0.15, -0.1) is 22.0 Å². The third-order valence-electron chi connectivity index (χ3n) is 1.23. The zero-order chi connectivity index (χ0) is 10.6. The van der Waals surface area contributed by atoms with Crippen molar-refractivity contribution in [2.75, 3.05) is 11.5 Å². The molecule has 0 radical (unpaired) electrons. The molecule has 14 heavy (non-hydrogen) atoms. The highest BCUT2D eigenvalue weighted by Crippen LogP contribution is 2.15. The fourth-order valence-corrected chi connectivity index (χ4v) is 2.48. The molecule has 8 heteroatoms. The van der Waals surface area contributed by atoms with E-state index in [0.29, 0.717) is 15.9 Å². The number of sulfonamides is 1. The van der Waals surface area contributed by atoms with E-state index in [-0.39, 0.29) is 5.75 Å². The first-order valence-corrected chi connectivity index (χ1v) is 6.68. The molecule has 1 aromatic heterocycles. The van der Waals surface area contributed by atoms with E-state index >= 15 is 0 Å². The van der Waals surface area contributed by atoms with Gasteiger partial charge >= 0.3 is 0 Å². The Morgan fingerprint density at radius 2 is 2.14 bits per heavy atom. The van der Waals surface area contributed by atoms with Crippen molar-refractivity contribution >= 4 is 33.4 Å². The van der Waals surface area contributed by atoms with Crippen molar-refractivity contribution in [2.24, 2.45) is 5.14 Å². The highest BCUT2D eigenvalue weighted by atomic mass is 35.5. The minimum absolute atomic E-state index is 0.0814. The maximum absolute atomic E-state index is 10.6. The predicted octanol–water partition coefficient (Wildman–Crippen LogP) is 0.511. The second-order valence-electron chi connectivity index (χ2n) is 2.41. The van der Waals surface area contributed by atoms with E-state index in [0.717, 1.165) is 0 Å². The smallest absolute Gasteiger partial charge is 0.209 e. The van der Waals surface area contributed by atoms with Gasteiger partial charge in [-0.2, -0.15) is 0 Å². The van der Waals surface area contributed by atoms with Crippen molar-refractivity contribution in [1.82, 2.24) is 10.2 Å². The fourth-order valence-electron chi connectivity index (χ4n) is 0.643. The summed E-state index contributed by atoms with van der Waals surface area (Å²) in [6.45, 7) is 0. The van der Waals surface area contributed by atoms with Crippen molar-refractivity contribution < 1.29 is 8.42 Å². The van der Waals surface area contributed by atoms with Crippen molar-refractivity contribution in [3.63, 3.8) is 0 Å². The summed E-state index contributed by atoms with van der Waals surface area (Å²) < 4.78 is 21.2. The molecule has 0 saturated carbocycles. The number of thioether (sulfide) groups is 1. The number of aromatic nitrogens is 2. The van der Waals surface area contributed by atoms with Crippen molar-refractivity contribution in [1.29, 1.82) is 0 Å². The van der Waals surface area contributed by atoms with Crippen LogP contribution in [-0.2, 0) is 10.0 Å². The van der Waals surface area contributed by atoms with E-state index in [9.17, 15) is 8.42 Å². The molecule has 0 bridgehead atoms. The Morgan fingerprint density at radius 3 is 2.64 bits per heavy atom. The highest BCUT2D eigenvalue weighted by Gasteiger charge is 2.03. The number of nitrogens with zero attached hydrogens (tertiary/aromatic N) is 2. The fraction of sp³-hybridized carbons (Fsp3) is 0.333. The number of primary sulfonamides is 1. The Morgan fingerprint density at radius 1 is 1.43 bits per heavy atom. The Bertz CT molecular complexity index is 392. The summed E-state index contributed by atoms with van der Waals surface area (Å²) in [5.74, 6) is 0.275. The zero-order valence-corrected chi connectivity index (χ0v) is 9.44. The van der Waals surface area contributed by atoms with Crippen molar-refractivity contribution in [3.05, 3.63) is 17.3 Å². The molecule has 0 fully saturated rings. The second kappa shape index (κ2) is 4.92. The normalized spacial score (nSPS) is 11.6. The largest absolute Gasteiger partial charge is 0.229 e. The average molecular weight is 254 g/mol. The van der Waals surface area contributed by atoms with Crippen LogP contribution in [0.25, 0.3) is 0 Å². The third kappa shape index (κ3) is 4.75.